The molecular formula is C22H35IN6O. The predicted octanol–water partition coefficient (Wildman–Crippen LogP) is 2.90. The van der Waals surface area contributed by atoms with E-state index in [1.165, 1.54) is 5.56 Å². The number of nitrogens with zero attached hydrogens (tertiary/aromatic N) is 5. The quantitative estimate of drug-likeness (QED) is 0.342. The second kappa shape index (κ2) is 12.3. The normalized spacial score (nSPS) is 18.2. The molecule has 1 aliphatic heterocycles. The highest BCUT2D eigenvalue weighted by Crippen LogP contribution is 2.21. The van der Waals surface area contributed by atoms with E-state index in [2.05, 4.69) is 71.4 Å². The van der Waals surface area contributed by atoms with Crippen LogP contribution >= 0.6 is 24.0 Å². The van der Waals surface area contributed by atoms with Crippen LogP contribution < -0.4 is 5.32 Å². The van der Waals surface area contributed by atoms with Crippen molar-refractivity contribution in [1.29, 1.82) is 0 Å². The van der Waals surface area contributed by atoms with Gasteiger partial charge in [0.1, 0.15) is 6.10 Å². The standard InChI is InChI=1S/C22H34N6O.HI/c1-5-23-22(24-13-18(2)26(3)15-19-9-7-6-8-10-19)28-11-12-29-21(17-28)20-14-25-27(4)16-20;/h6-10,14,16,18,21H,5,11-13,15,17H2,1-4H3,(H,23,24);1H. The first-order chi connectivity index (χ1) is 14.1. The molecule has 0 spiro atoms. The van der Waals surface area contributed by atoms with E-state index in [1.54, 1.807) is 0 Å². The predicted molar refractivity (Wildman–Crippen MR) is 132 cm³/mol. The van der Waals surface area contributed by atoms with E-state index in [1.807, 2.05) is 24.1 Å². The van der Waals surface area contributed by atoms with Gasteiger partial charge in [0.15, 0.2) is 5.96 Å². The van der Waals surface area contributed by atoms with Crippen molar-refractivity contribution >= 4 is 29.9 Å². The van der Waals surface area contributed by atoms with Crippen molar-refractivity contribution in [2.45, 2.75) is 32.5 Å². The molecule has 0 aliphatic carbocycles. The largest absolute Gasteiger partial charge is 0.370 e. The van der Waals surface area contributed by atoms with Crippen LogP contribution in [0.25, 0.3) is 0 Å². The summed E-state index contributed by atoms with van der Waals surface area (Å²) in [7, 11) is 4.09. The molecule has 1 saturated heterocycles. The number of likely N-dealkylation sites (N-methyl/N-ethyl adjacent to an activating group) is 1. The molecule has 0 amide bonds. The van der Waals surface area contributed by atoms with Gasteiger partial charge in [0.25, 0.3) is 0 Å². The maximum atomic E-state index is 5.98. The third-order valence-electron chi connectivity index (χ3n) is 5.33. The molecule has 1 N–H and O–H groups in total. The Morgan fingerprint density at radius 2 is 2.13 bits per heavy atom. The summed E-state index contributed by atoms with van der Waals surface area (Å²) in [5.41, 5.74) is 2.44. The third kappa shape index (κ3) is 6.95. The zero-order valence-corrected chi connectivity index (χ0v) is 20.8. The first-order valence-electron chi connectivity index (χ1n) is 10.4. The van der Waals surface area contributed by atoms with Crippen LogP contribution in [0.3, 0.4) is 0 Å². The molecule has 2 unspecified atom stereocenters. The van der Waals surface area contributed by atoms with Gasteiger partial charge >= 0.3 is 0 Å². The number of nitrogens with one attached hydrogen (secondary N) is 1. The lowest BCUT2D eigenvalue weighted by atomic mass is 10.1. The molecule has 1 fully saturated rings. The van der Waals surface area contributed by atoms with E-state index in [0.717, 1.165) is 44.2 Å². The Labute approximate surface area is 197 Å². The van der Waals surface area contributed by atoms with Crippen molar-refractivity contribution < 1.29 is 4.74 Å². The lowest BCUT2D eigenvalue weighted by Crippen LogP contribution is -2.48. The van der Waals surface area contributed by atoms with Crippen molar-refractivity contribution in [3.05, 3.63) is 53.9 Å². The molecule has 0 saturated carbocycles. The summed E-state index contributed by atoms with van der Waals surface area (Å²) in [6.45, 7) is 9.18. The molecule has 1 aliphatic rings. The molecular weight excluding hydrogens is 491 g/mol. The lowest BCUT2D eigenvalue weighted by Gasteiger charge is -2.35. The minimum atomic E-state index is 0. The third-order valence-corrected chi connectivity index (χ3v) is 5.33. The smallest absolute Gasteiger partial charge is 0.194 e. The van der Waals surface area contributed by atoms with E-state index >= 15 is 0 Å². The molecule has 7 nitrogen and oxygen atoms in total. The molecule has 30 heavy (non-hydrogen) atoms. The number of rotatable bonds is 7. The molecule has 2 heterocycles. The number of guanidine groups is 1. The topological polar surface area (TPSA) is 57.9 Å². The number of aromatic nitrogens is 2. The summed E-state index contributed by atoms with van der Waals surface area (Å²) in [5.74, 6) is 0.963. The second-order valence-electron chi connectivity index (χ2n) is 7.70. The van der Waals surface area contributed by atoms with E-state index in [0.29, 0.717) is 12.6 Å². The van der Waals surface area contributed by atoms with Crippen molar-refractivity contribution in [1.82, 2.24) is 24.9 Å². The van der Waals surface area contributed by atoms with Gasteiger partial charge in [-0.1, -0.05) is 30.3 Å². The molecule has 2 aromatic rings. The molecule has 166 valence electrons. The number of hydrogen-bond donors (Lipinski definition) is 1. The Hall–Kier alpha value is -1.65. The van der Waals surface area contributed by atoms with Crippen molar-refractivity contribution in [3.8, 4) is 0 Å². The Morgan fingerprint density at radius 1 is 1.37 bits per heavy atom. The molecule has 8 heteroatoms. The first-order valence-corrected chi connectivity index (χ1v) is 10.4. The Morgan fingerprint density at radius 3 is 2.80 bits per heavy atom. The zero-order valence-electron chi connectivity index (χ0n) is 18.5. The number of benzene rings is 1. The van der Waals surface area contributed by atoms with E-state index in [4.69, 9.17) is 9.73 Å². The number of morpholine rings is 1. The lowest BCUT2D eigenvalue weighted by molar-refractivity contribution is -0.00807. The van der Waals surface area contributed by atoms with Gasteiger partial charge in [0.2, 0.25) is 0 Å². The number of aliphatic imine (C=N–C) groups is 1. The molecule has 1 aromatic heterocycles. The summed E-state index contributed by atoms with van der Waals surface area (Å²) in [4.78, 5) is 9.59. The highest BCUT2D eigenvalue weighted by Gasteiger charge is 2.25. The molecule has 2 atom stereocenters. The van der Waals surface area contributed by atoms with Crippen molar-refractivity contribution in [3.63, 3.8) is 0 Å². The van der Waals surface area contributed by atoms with Gasteiger partial charge in [-0.3, -0.25) is 14.6 Å². The van der Waals surface area contributed by atoms with Gasteiger partial charge in [-0.15, -0.1) is 24.0 Å². The number of ether oxygens (including phenoxy) is 1. The van der Waals surface area contributed by atoms with Gasteiger partial charge in [0.05, 0.1) is 25.9 Å². The van der Waals surface area contributed by atoms with Crippen LogP contribution in [-0.4, -0.2) is 71.4 Å². The zero-order chi connectivity index (χ0) is 20.6. The second-order valence-corrected chi connectivity index (χ2v) is 7.70. The molecule has 0 bridgehead atoms. The highest BCUT2D eigenvalue weighted by molar-refractivity contribution is 14.0. The summed E-state index contributed by atoms with van der Waals surface area (Å²) in [5, 5.41) is 7.73. The average molecular weight is 526 g/mol. The van der Waals surface area contributed by atoms with Gasteiger partial charge < -0.3 is 15.0 Å². The van der Waals surface area contributed by atoms with Crippen LogP contribution in [0.15, 0.2) is 47.7 Å². The summed E-state index contributed by atoms with van der Waals surface area (Å²) in [6, 6.07) is 10.9. The van der Waals surface area contributed by atoms with Crippen LogP contribution in [0.2, 0.25) is 0 Å². The molecule has 0 radical (unpaired) electrons. The van der Waals surface area contributed by atoms with Gasteiger partial charge in [-0.05, 0) is 26.5 Å². The van der Waals surface area contributed by atoms with Crippen molar-refractivity contribution in [2.75, 3.05) is 39.8 Å². The fourth-order valence-corrected chi connectivity index (χ4v) is 3.46. The maximum Gasteiger partial charge on any atom is 0.194 e. The van der Waals surface area contributed by atoms with E-state index in [-0.39, 0.29) is 30.1 Å². The summed E-state index contributed by atoms with van der Waals surface area (Å²) >= 11 is 0. The molecule has 1 aromatic carbocycles. The van der Waals surface area contributed by atoms with Crippen LogP contribution in [0.5, 0.6) is 0 Å². The summed E-state index contributed by atoms with van der Waals surface area (Å²) in [6.07, 6.45) is 3.94. The van der Waals surface area contributed by atoms with Gasteiger partial charge in [0, 0.05) is 44.5 Å². The first kappa shape index (κ1) is 24.6. The number of hydrogen-bond acceptors (Lipinski definition) is 4. The minimum absolute atomic E-state index is 0. The van der Waals surface area contributed by atoms with Gasteiger partial charge in [-0.25, -0.2) is 0 Å². The van der Waals surface area contributed by atoms with Crippen molar-refractivity contribution in [2.24, 2.45) is 12.0 Å². The summed E-state index contributed by atoms with van der Waals surface area (Å²) < 4.78 is 7.80. The average Bonchev–Trinajstić information content (AvgIpc) is 3.18. The Kier molecular flexibility index (Phi) is 10.1. The Balaban J connectivity index is 0.00000320. The fraction of sp³-hybridized carbons (Fsp3) is 0.545. The maximum absolute atomic E-state index is 5.98. The van der Waals surface area contributed by atoms with Crippen LogP contribution in [0.4, 0.5) is 0 Å². The highest BCUT2D eigenvalue weighted by atomic mass is 127. The number of halogens is 1. The van der Waals surface area contributed by atoms with Crippen LogP contribution in [0, 0.1) is 0 Å². The molecule has 3 rings (SSSR count). The Bertz CT molecular complexity index is 781. The van der Waals surface area contributed by atoms with Gasteiger partial charge in [-0.2, -0.15) is 5.10 Å². The van der Waals surface area contributed by atoms with Crippen LogP contribution in [-0.2, 0) is 18.3 Å². The van der Waals surface area contributed by atoms with Crippen LogP contribution in [0.1, 0.15) is 31.1 Å². The SMILES string of the molecule is CCNC(=NCC(C)N(C)Cc1ccccc1)N1CCOC(c2cnn(C)c2)C1.I. The van der Waals surface area contributed by atoms with E-state index in [9.17, 15) is 0 Å². The number of aryl methyl sites for hydroxylation is 1. The monoisotopic (exact) mass is 526 g/mol. The fourth-order valence-electron chi connectivity index (χ4n) is 3.46. The minimum Gasteiger partial charge on any atom is -0.370 e. The van der Waals surface area contributed by atoms with E-state index < -0.39 is 0 Å².